The Balaban J connectivity index is 2.71. The molecule has 0 aromatic carbocycles. The van der Waals surface area contributed by atoms with Gasteiger partial charge in [-0.05, 0) is 25.5 Å². The van der Waals surface area contributed by atoms with Gasteiger partial charge in [0.15, 0.2) is 0 Å². The van der Waals surface area contributed by atoms with Crippen LogP contribution in [0.5, 0.6) is 0 Å². The molecule has 0 aliphatic carbocycles. The van der Waals surface area contributed by atoms with Gasteiger partial charge in [-0.3, -0.25) is 9.59 Å². The summed E-state index contributed by atoms with van der Waals surface area (Å²) in [4.78, 5) is 27.7. The molecule has 1 heterocycles. The molecule has 6 nitrogen and oxygen atoms in total. The Morgan fingerprint density at radius 1 is 1.40 bits per heavy atom. The standard InChI is InChI=1S/C13H19ClN4O2/c1-4-5-16-12(19)8(2)17-13(20)9-6-10(14)18-11(7-9)15-3/h6-8H,4-5H2,1-3H3,(H,15,18)(H,16,19)(H,17,20). The van der Waals surface area contributed by atoms with E-state index < -0.39 is 6.04 Å². The number of anilines is 1. The fourth-order valence-corrected chi connectivity index (χ4v) is 1.71. The lowest BCUT2D eigenvalue weighted by Gasteiger charge is -2.14. The van der Waals surface area contributed by atoms with Crippen molar-refractivity contribution in [3.63, 3.8) is 0 Å². The van der Waals surface area contributed by atoms with E-state index >= 15 is 0 Å². The van der Waals surface area contributed by atoms with Gasteiger partial charge in [0.1, 0.15) is 17.0 Å². The fraction of sp³-hybridized carbons (Fsp3) is 0.462. The maximum absolute atomic E-state index is 12.0. The van der Waals surface area contributed by atoms with Crippen LogP contribution >= 0.6 is 11.6 Å². The topological polar surface area (TPSA) is 83.1 Å². The highest BCUT2D eigenvalue weighted by molar-refractivity contribution is 6.29. The van der Waals surface area contributed by atoms with Crippen LogP contribution in [0.1, 0.15) is 30.6 Å². The van der Waals surface area contributed by atoms with E-state index in [2.05, 4.69) is 20.9 Å². The molecular formula is C13H19ClN4O2. The quantitative estimate of drug-likeness (QED) is 0.694. The van der Waals surface area contributed by atoms with Crippen LogP contribution in [0.2, 0.25) is 5.15 Å². The lowest BCUT2D eigenvalue weighted by molar-refractivity contribution is -0.122. The van der Waals surface area contributed by atoms with E-state index in [0.29, 0.717) is 17.9 Å². The molecule has 0 bridgehead atoms. The second-order valence-electron chi connectivity index (χ2n) is 4.30. The first-order valence-electron chi connectivity index (χ1n) is 6.41. The maximum atomic E-state index is 12.0. The SMILES string of the molecule is CCCNC(=O)C(C)NC(=O)c1cc(Cl)nc(NC)c1. The highest BCUT2D eigenvalue weighted by atomic mass is 35.5. The van der Waals surface area contributed by atoms with Crippen molar-refractivity contribution in [2.75, 3.05) is 18.9 Å². The zero-order chi connectivity index (χ0) is 15.1. The summed E-state index contributed by atoms with van der Waals surface area (Å²) < 4.78 is 0. The fourth-order valence-electron chi connectivity index (χ4n) is 1.50. The molecule has 110 valence electrons. The molecule has 0 saturated heterocycles. The molecular weight excluding hydrogens is 280 g/mol. The van der Waals surface area contributed by atoms with Crippen LogP contribution in [0.25, 0.3) is 0 Å². The number of carbonyl (C=O) groups excluding carboxylic acids is 2. The largest absolute Gasteiger partial charge is 0.373 e. The molecule has 0 fully saturated rings. The third kappa shape index (κ3) is 4.70. The molecule has 0 aliphatic heterocycles. The summed E-state index contributed by atoms with van der Waals surface area (Å²) in [5, 5.41) is 8.36. The van der Waals surface area contributed by atoms with Crippen molar-refractivity contribution < 1.29 is 9.59 Å². The molecule has 0 radical (unpaired) electrons. The molecule has 1 aromatic heterocycles. The summed E-state index contributed by atoms with van der Waals surface area (Å²) in [6.45, 7) is 4.18. The Morgan fingerprint density at radius 3 is 2.70 bits per heavy atom. The minimum atomic E-state index is -0.612. The van der Waals surface area contributed by atoms with E-state index in [1.54, 1.807) is 20.0 Å². The molecule has 2 amide bonds. The molecule has 1 atom stereocenters. The smallest absolute Gasteiger partial charge is 0.252 e. The molecule has 1 aromatic rings. The van der Waals surface area contributed by atoms with Crippen molar-refractivity contribution in [2.24, 2.45) is 0 Å². The zero-order valence-electron chi connectivity index (χ0n) is 11.8. The molecule has 20 heavy (non-hydrogen) atoms. The Kier molecular flexibility index (Phi) is 6.24. The number of rotatable bonds is 6. The van der Waals surface area contributed by atoms with E-state index in [0.717, 1.165) is 6.42 Å². The van der Waals surface area contributed by atoms with Crippen molar-refractivity contribution >= 4 is 29.2 Å². The van der Waals surface area contributed by atoms with Gasteiger partial charge < -0.3 is 16.0 Å². The monoisotopic (exact) mass is 298 g/mol. The summed E-state index contributed by atoms with van der Waals surface area (Å²) in [5.74, 6) is -0.0927. The number of amides is 2. The van der Waals surface area contributed by atoms with Gasteiger partial charge in [0.25, 0.3) is 5.91 Å². The van der Waals surface area contributed by atoms with Crippen LogP contribution in [0.3, 0.4) is 0 Å². The summed E-state index contributed by atoms with van der Waals surface area (Å²) in [7, 11) is 1.68. The molecule has 1 unspecified atom stereocenters. The number of nitrogens with zero attached hydrogens (tertiary/aromatic N) is 1. The first-order chi connectivity index (χ1) is 9.47. The average Bonchev–Trinajstić information content (AvgIpc) is 2.43. The molecule has 3 N–H and O–H groups in total. The first-order valence-corrected chi connectivity index (χ1v) is 6.79. The third-order valence-corrected chi connectivity index (χ3v) is 2.80. The van der Waals surface area contributed by atoms with E-state index in [9.17, 15) is 9.59 Å². The van der Waals surface area contributed by atoms with Gasteiger partial charge in [-0.15, -0.1) is 0 Å². The van der Waals surface area contributed by atoms with Crippen LogP contribution in [0.4, 0.5) is 5.82 Å². The number of hydrogen-bond acceptors (Lipinski definition) is 4. The molecule has 1 rings (SSSR count). The van der Waals surface area contributed by atoms with E-state index in [1.807, 2.05) is 6.92 Å². The molecule has 7 heteroatoms. The highest BCUT2D eigenvalue weighted by Crippen LogP contribution is 2.14. The van der Waals surface area contributed by atoms with Gasteiger partial charge in [-0.2, -0.15) is 0 Å². The lowest BCUT2D eigenvalue weighted by Crippen LogP contribution is -2.45. The van der Waals surface area contributed by atoms with E-state index in [1.165, 1.54) is 6.07 Å². The summed E-state index contributed by atoms with van der Waals surface area (Å²) in [6, 6.07) is 2.41. The minimum Gasteiger partial charge on any atom is -0.373 e. The second-order valence-corrected chi connectivity index (χ2v) is 4.69. The Labute approximate surface area is 123 Å². The van der Waals surface area contributed by atoms with E-state index in [-0.39, 0.29) is 17.0 Å². The van der Waals surface area contributed by atoms with Crippen molar-refractivity contribution in [3.8, 4) is 0 Å². The van der Waals surface area contributed by atoms with Gasteiger partial charge in [0.05, 0.1) is 0 Å². The van der Waals surface area contributed by atoms with Crippen LogP contribution in [-0.2, 0) is 4.79 Å². The number of hydrogen-bond donors (Lipinski definition) is 3. The zero-order valence-corrected chi connectivity index (χ0v) is 12.5. The predicted molar refractivity (Wildman–Crippen MR) is 79.0 cm³/mol. The summed E-state index contributed by atoms with van der Waals surface area (Å²) in [5.41, 5.74) is 0.351. The summed E-state index contributed by atoms with van der Waals surface area (Å²) in [6.07, 6.45) is 0.845. The molecule has 0 spiro atoms. The Bertz CT molecular complexity index is 493. The van der Waals surface area contributed by atoms with Crippen molar-refractivity contribution in [1.82, 2.24) is 15.6 Å². The van der Waals surface area contributed by atoms with Crippen LogP contribution in [0.15, 0.2) is 12.1 Å². The number of aromatic nitrogens is 1. The van der Waals surface area contributed by atoms with Gasteiger partial charge in [-0.25, -0.2) is 4.98 Å². The van der Waals surface area contributed by atoms with E-state index in [4.69, 9.17) is 11.6 Å². The second kappa shape index (κ2) is 7.69. The Hall–Kier alpha value is -1.82. The predicted octanol–water partition coefficient (Wildman–Crippen LogP) is 1.42. The summed E-state index contributed by atoms with van der Waals surface area (Å²) >= 11 is 5.83. The number of carbonyl (C=O) groups is 2. The van der Waals surface area contributed by atoms with Gasteiger partial charge >= 0.3 is 0 Å². The number of pyridine rings is 1. The Morgan fingerprint density at radius 2 is 2.10 bits per heavy atom. The average molecular weight is 299 g/mol. The van der Waals surface area contributed by atoms with Crippen molar-refractivity contribution in [1.29, 1.82) is 0 Å². The van der Waals surface area contributed by atoms with Gasteiger partial charge in [-0.1, -0.05) is 18.5 Å². The van der Waals surface area contributed by atoms with Gasteiger partial charge in [0.2, 0.25) is 5.91 Å². The molecule has 0 aliphatic rings. The maximum Gasteiger partial charge on any atom is 0.252 e. The van der Waals surface area contributed by atoms with Crippen molar-refractivity contribution in [3.05, 3.63) is 22.8 Å². The number of nitrogens with one attached hydrogen (secondary N) is 3. The van der Waals surface area contributed by atoms with Crippen LogP contribution < -0.4 is 16.0 Å². The first kappa shape index (κ1) is 16.2. The lowest BCUT2D eigenvalue weighted by atomic mass is 10.2. The minimum absolute atomic E-state index is 0.213. The van der Waals surface area contributed by atoms with Crippen LogP contribution in [-0.4, -0.2) is 36.4 Å². The molecule has 0 saturated carbocycles. The van der Waals surface area contributed by atoms with Crippen LogP contribution in [0, 0.1) is 0 Å². The third-order valence-electron chi connectivity index (χ3n) is 2.60. The normalized spacial score (nSPS) is 11.6. The van der Waals surface area contributed by atoms with Crippen molar-refractivity contribution in [2.45, 2.75) is 26.3 Å². The van der Waals surface area contributed by atoms with Gasteiger partial charge in [0, 0.05) is 19.2 Å². The number of halogens is 1. The highest BCUT2D eigenvalue weighted by Gasteiger charge is 2.17.